The van der Waals surface area contributed by atoms with Crippen molar-refractivity contribution in [2.75, 3.05) is 13.7 Å². The van der Waals surface area contributed by atoms with Gasteiger partial charge in [0.05, 0.1) is 12.7 Å². The molecule has 0 aromatic heterocycles. The van der Waals surface area contributed by atoms with Gasteiger partial charge in [0.2, 0.25) is 5.91 Å². The summed E-state index contributed by atoms with van der Waals surface area (Å²) in [4.78, 5) is 38.4. The van der Waals surface area contributed by atoms with Crippen LogP contribution in [0.5, 0.6) is 5.75 Å². The van der Waals surface area contributed by atoms with Crippen molar-refractivity contribution in [2.45, 2.75) is 38.3 Å². The average molecular weight is 395 g/mol. The maximum atomic E-state index is 13.0. The largest absolute Gasteiger partial charge is 0.496 e. The number of nitrogens with zero attached hydrogens (tertiary/aromatic N) is 1. The van der Waals surface area contributed by atoms with Crippen LogP contribution in [0.4, 0.5) is 0 Å². The Balaban J connectivity index is 2.18. The van der Waals surface area contributed by atoms with Crippen LogP contribution in [0, 0.1) is 0 Å². The first-order chi connectivity index (χ1) is 12.9. The molecular formula is C19H23ClN2O5. The summed E-state index contributed by atoms with van der Waals surface area (Å²) in [5.41, 5.74) is 0.272. The highest BCUT2D eigenvalue weighted by molar-refractivity contribution is 6.31. The molecule has 1 aromatic carbocycles. The predicted molar refractivity (Wildman–Crippen MR) is 101 cm³/mol. The van der Waals surface area contributed by atoms with Gasteiger partial charge in [0.15, 0.2) is 0 Å². The molecule has 0 saturated carbocycles. The highest BCUT2D eigenvalue weighted by atomic mass is 35.5. The lowest BCUT2D eigenvalue weighted by Gasteiger charge is -2.26. The Hall–Kier alpha value is -2.54. The fourth-order valence-electron chi connectivity index (χ4n) is 3.05. The molecule has 27 heavy (non-hydrogen) atoms. The first-order valence-corrected chi connectivity index (χ1v) is 9.05. The van der Waals surface area contributed by atoms with E-state index in [-0.39, 0.29) is 17.9 Å². The zero-order valence-corrected chi connectivity index (χ0v) is 16.0. The summed E-state index contributed by atoms with van der Waals surface area (Å²) < 4.78 is 5.23. The molecule has 1 aliphatic heterocycles. The number of carbonyl (C=O) groups is 3. The zero-order chi connectivity index (χ0) is 20.0. The number of allylic oxidation sites excluding steroid dienone is 1. The van der Waals surface area contributed by atoms with E-state index in [1.54, 1.807) is 31.2 Å². The molecule has 2 unspecified atom stereocenters. The fraction of sp³-hybridized carbons (Fsp3) is 0.421. The molecule has 2 N–H and O–H groups in total. The number of rotatable bonds is 7. The first-order valence-electron chi connectivity index (χ1n) is 8.67. The van der Waals surface area contributed by atoms with Gasteiger partial charge in [-0.15, -0.1) is 0 Å². The van der Waals surface area contributed by atoms with Crippen LogP contribution in [0.15, 0.2) is 30.4 Å². The van der Waals surface area contributed by atoms with E-state index in [2.05, 4.69) is 5.32 Å². The normalized spacial score (nSPS) is 17.7. The molecule has 0 radical (unpaired) electrons. The fourth-order valence-corrected chi connectivity index (χ4v) is 3.22. The van der Waals surface area contributed by atoms with Crippen LogP contribution in [0.1, 0.15) is 36.5 Å². The molecular weight excluding hydrogens is 372 g/mol. The van der Waals surface area contributed by atoms with Crippen molar-refractivity contribution < 1.29 is 24.2 Å². The molecule has 1 fully saturated rings. The molecule has 2 atom stereocenters. The van der Waals surface area contributed by atoms with Crippen molar-refractivity contribution in [3.8, 4) is 5.75 Å². The lowest BCUT2D eigenvalue weighted by Crippen LogP contribution is -2.50. The Labute approximate surface area is 162 Å². The Morgan fingerprint density at radius 2 is 2.19 bits per heavy atom. The van der Waals surface area contributed by atoms with Crippen LogP contribution in [0.3, 0.4) is 0 Å². The Kier molecular flexibility index (Phi) is 7.24. The maximum Gasteiger partial charge on any atom is 0.326 e. The highest BCUT2D eigenvalue weighted by Gasteiger charge is 2.36. The van der Waals surface area contributed by atoms with E-state index in [4.69, 9.17) is 16.3 Å². The minimum Gasteiger partial charge on any atom is -0.496 e. The van der Waals surface area contributed by atoms with Crippen LogP contribution >= 0.6 is 11.6 Å². The number of benzene rings is 1. The summed E-state index contributed by atoms with van der Waals surface area (Å²) in [7, 11) is 1.45. The second-order valence-corrected chi connectivity index (χ2v) is 6.64. The van der Waals surface area contributed by atoms with Crippen LogP contribution in [0.2, 0.25) is 5.02 Å². The van der Waals surface area contributed by atoms with Crippen LogP contribution in [0.25, 0.3) is 0 Å². The molecule has 7 nitrogen and oxygen atoms in total. The molecule has 2 rings (SSSR count). The second-order valence-electron chi connectivity index (χ2n) is 6.21. The van der Waals surface area contributed by atoms with E-state index in [1.807, 2.05) is 0 Å². The molecule has 0 bridgehead atoms. The van der Waals surface area contributed by atoms with Gasteiger partial charge >= 0.3 is 5.97 Å². The summed E-state index contributed by atoms with van der Waals surface area (Å²) in [6.45, 7) is 2.18. The number of hydrogen-bond acceptors (Lipinski definition) is 4. The van der Waals surface area contributed by atoms with Gasteiger partial charge in [-0.1, -0.05) is 23.8 Å². The molecule has 1 heterocycles. The van der Waals surface area contributed by atoms with E-state index >= 15 is 0 Å². The van der Waals surface area contributed by atoms with Crippen LogP contribution in [-0.2, 0) is 9.59 Å². The summed E-state index contributed by atoms with van der Waals surface area (Å²) in [5, 5.41) is 12.2. The molecule has 1 aromatic rings. The molecule has 146 valence electrons. The van der Waals surface area contributed by atoms with Crippen molar-refractivity contribution in [1.82, 2.24) is 10.2 Å². The third kappa shape index (κ3) is 5.01. The summed E-state index contributed by atoms with van der Waals surface area (Å²) in [5.74, 6) is -1.59. The Bertz CT molecular complexity index is 750. The van der Waals surface area contributed by atoms with Crippen molar-refractivity contribution in [1.29, 1.82) is 0 Å². The van der Waals surface area contributed by atoms with Gasteiger partial charge in [0.25, 0.3) is 5.91 Å². The molecule has 1 saturated heterocycles. The van der Waals surface area contributed by atoms with E-state index in [0.717, 1.165) is 0 Å². The molecule has 2 amide bonds. The van der Waals surface area contributed by atoms with E-state index < -0.39 is 24.0 Å². The minimum absolute atomic E-state index is 0.181. The monoisotopic (exact) mass is 394 g/mol. The van der Waals surface area contributed by atoms with E-state index in [9.17, 15) is 19.5 Å². The van der Waals surface area contributed by atoms with Gasteiger partial charge in [0, 0.05) is 11.6 Å². The highest BCUT2D eigenvalue weighted by Crippen LogP contribution is 2.27. The molecule has 8 heteroatoms. The number of methoxy groups -OCH3 is 1. The van der Waals surface area contributed by atoms with Crippen molar-refractivity contribution in [2.24, 2.45) is 0 Å². The van der Waals surface area contributed by atoms with Crippen molar-refractivity contribution in [3.63, 3.8) is 0 Å². The second kappa shape index (κ2) is 9.41. The predicted octanol–water partition coefficient (Wildman–Crippen LogP) is 2.49. The van der Waals surface area contributed by atoms with Gasteiger partial charge < -0.3 is 20.1 Å². The average Bonchev–Trinajstić information content (AvgIpc) is 3.14. The number of likely N-dealkylation sites (tertiary alicyclic amines) is 1. The number of hydrogen-bond donors (Lipinski definition) is 2. The van der Waals surface area contributed by atoms with Gasteiger partial charge in [-0.25, -0.2) is 4.79 Å². The van der Waals surface area contributed by atoms with Crippen LogP contribution in [-0.4, -0.2) is 53.5 Å². The van der Waals surface area contributed by atoms with Crippen molar-refractivity contribution in [3.05, 3.63) is 40.9 Å². The lowest BCUT2D eigenvalue weighted by molar-refractivity contribution is -0.142. The van der Waals surface area contributed by atoms with Gasteiger partial charge in [-0.05, 0) is 44.4 Å². The number of carbonyl (C=O) groups excluding carboxylic acids is 2. The number of amides is 2. The number of aliphatic carboxylic acids is 1. The number of ether oxygens (including phenoxy) is 1. The van der Waals surface area contributed by atoms with E-state index in [0.29, 0.717) is 30.2 Å². The third-order valence-electron chi connectivity index (χ3n) is 4.43. The number of carboxylic acid groups (broad SMARTS) is 1. The SMILES string of the molecule is C/C=C/CC(NC(=O)C1CCCN1C(=O)c1cc(Cl)ccc1OC)C(=O)O. The van der Waals surface area contributed by atoms with Crippen molar-refractivity contribution >= 4 is 29.4 Å². The topological polar surface area (TPSA) is 95.9 Å². The first kappa shape index (κ1) is 20.8. The zero-order valence-electron chi connectivity index (χ0n) is 15.3. The Morgan fingerprint density at radius 3 is 2.81 bits per heavy atom. The smallest absolute Gasteiger partial charge is 0.326 e. The van der Waals surface area contributed by atoms with Gasteiger partial charge in [0.1, 0.15) is 17.8 Å². The quantitative estimate of drug-likeness (QED) is 0.692. The Morgan fingerprint density at radius 1 is 1.44 bits per heavy atom. The minimum atomic E-state index is -1.12. The third-order valence-corrected chi connectivity index (χ3v) is 4.67. The number of carboxylic acids is 1. The van der Waals surface area contributed by atoms with Gasteiger partial charge in [-0.3, -0.25) is 9.59 Å². The van der Waals surface area contributed by atoms with Gasteiger partial charge in [-0.2, -0.15) is 0 Å². The lowest BCUT2D eigenvalue weighted by atomic mass is 10.1. The molecule has 0 aliphatic carbocycles. The molecule has 0 spiro atoms. The maximum absolute atomic E-state index is 13.0. The van der Waals surface area contributed by atoms with E-state index in [1.165, 1.54) is 18.1 Å². The summed E-state index contributed by atoms with van der Waals surface area (Å²) in [6, 6.07) is 2.95. The summed E-state index contributed by atoms with van der Waals surface area (Å²) in [6.07, 6.45) is 4.70. The van der Waals surface area contributed by atoms with Crippen LogP contribution < -0.4 is 10.1 Å². The number of halogens is 1. The summed E-state index contributed by atoms with van der Waals surface area (Å²) >= 11 is 6.00. The standard InChI is InChI=1S/C19H23ClN2O5/c1-3-4-6-14(19(25)26)21-17(23)15-7-5-10-22(15)18(24)13-11-12(20)8-9-16(13)27-2/h3-4,8-9,11,14-15H,5-7,10H2,1-2H3,(H,21,23)(H,25,26)/b4-3+. The number of nitrogens with one attached hydrogen (secondary N) is 1. The molecule has 1 aliphatic rings.